The maximum Gasteiger partial charge on any atom is 0.236 e. The molecule has 1 aliphatic rings. The topological polar surface area (TPSA) is 63.5 Å². The number of rotatable bonds is 6. The van der Waals surface area contributed by atoms with Crippen LogP contribution in [0.2, 0.25) is 0 Å². The lowest BCUT2D eigenvalue weighted by molar-refractivity contribution is -0.134. The van der Waals surface area contributed by atoms with Crippen LogP contribution in [0, 0.1) is 17.2 Å². The molecular formula is C19H29N5O. The lowest BCUT2D eigenvalue weighted by Gasteiger charge is -2.38. The van der Waals surface area contributed by atoms with Gasteiger partial charge in [0.25, 0.3) is 0 Å². The fourth-order valence-corrected chi connectivity index (χ4v) is 3.20. The predicted molar refractivity (Wildman–Crippen MR) is 97.7 cm³/mol. The zero-order valence-electron chi connectivity index (χ0n) is 15.7. The van der Waals surface area contributed by atoms with Gasteiger partial charge < -0.3 is 4.90 Å². The van der Waals surface area contributed by atoms with E-state index in [9.17, 15) is 10.1 Å². The zero-order chi connectivity index (χ0) is 18.4. The van der Waals surface area contributed by atoms with Gasteiger partial charge >= 0.3 is 0 Å². The van der Waals surface area contributed by atoms with Gasteiger partial charge in [-0.25, -0.2) is 0 Å². The van der Waals surface area contributed by atoms with Gasteiger partial charge in [-0.3, -0.25) is 19.6 Å². The van der Waals surface area contributed by atoms with Crippen LogP contribution in [-0.4, -0.2) is 71.4 Å². The highest BCUT2D eigenvalue weighted by molar-refractivity contribution is 5.78. The number of carbonyl (C=O) groups is 1. The lowest BCUT2D eigenvalue weighted by atomic mass is 10.0. The second-order valence-electron chi connectivity index (χ2n) is 7.08. The van der Waals surface area contributed by atoms with E-state index in [1.165, 1.54) is 0 Å². The van der Waals surface area contributed by atoms with Crippen molar-refractivity contribution in [2.45, 2.75) is 32.9 Å². The number of nitriles is 1. The molecule has 0 aliphatic carbocycles. The van der Waals surface area contributed by atoms with E-state index in [4.69, 9.17) is 0 Å². The second-order valence-corrected chi connectivity index (χ2v) is 7.08. The normalized spacial score (nSPS) is 18.2. The van der Waals surface area contributed by atoms with E-state index in [2.05, 4.69) is 36.7 Å². The molecule has 1 amide bonds. The molecule has 0 spiro atoms. The Hall–Kier alpha value is -1.97. The maximum absolute atomic E-state index is 12.6. The molecule has 0 bridgehead atoms. The largest absolute Gasteiger partial charge is 0.339 e. The molecule has 2 atom stereocenters. The Morgan fingerprint density at radius 3 is 2.48 bits per heavy atom. The molecule has 136 valence electrons. The molecule has 6 heteroatoms. The summed E-state index contributed by atoms with van der Waals surface area (Å²) in [6, 6.07) is 8.26. The third-order valence-electron chi connectivity index (χ3n) is 4.99. The molecule has 2 heterocycles. The third-order valence-corrected chi connectivity index (χ3v) is 4.99. The number of aromatic nitrogens is 1. The number of carbonyl (C=O) groups excluding carboxylic acids is 1. The van der Waals surface area contributed by atoms with Crippen molar-refractivity contribution < 1.29 is 4.79 Å². The minimum atomic E-state index is -0.0656. The van der Waals surface area contributed by atoms with Crippen LogP contribution in [0.4, 0.5) is 0 Å². The predicted octanol–water partition coefficient (Wildman–Crippen LogP) is 1.77. The molecule has 1 saturated heterocycles. The summed E-state index contributed by atoms with van der Waals surface area (Å²) in [6.07, 6.45) is 1.78. The first-order valence-electron chi connectivity index (χ1n) is 8.96. The third kappa shape index (κ3) is 5.00. The van der Waals surface area contributed by atoms with Crippen molar-refractivity contribution in [3.8, 4) is 6.07 Å². The Morgan fingerprint density at radius 1 is 1.28 bits per heavy atom. The summed E-state index contributed by atoms with van der Waals surface area (Å²) in [5.74, 6) is 0.445. The Bertz CT molecular complexity index is 590. The molecule has 1 aromatic rings. The first kappa shape index (κ1) is 19.4. The number of piperazine rings is 1. The van der Waals surface area contributed by atoms with Gasteiger partial charge in [-0.2, -0.15) is 5.26 Å². The SMILES string of the molecule is CC(C)[C@@H](C#N)N1CCN(C(=O)CN(C)[C@H](C)c2ccccn2)CC1. The molecule has 0 radical (unpaired) electrons. The molecule has 25 heavy (non-hydrogen) atoms. The van der Waals surface area contributed by atoms with E-state index in [0.29, 0.717) is 25.6 Å². The summed E-state index contributed by atoms with van der Waals surface area (Å²) in [5.41, 5.74) is 0.969. The van der Waals surface area contributed by atoms with Gasteiger partial charge in [0, 0.05) is 38.4 Å². The Morgan fingerprint density at radius 2 is 1.96 bits per heavy atom. The summed E-state index contributed by atoms with van der Waals surface area (Å²) in [6.45, 7) is 9.49. The summed E-state index contributed by atoms with van der Waals surface area (Å²) < 4.78 is 0. The van der Waals surface area contributed by atoms with Crippen molar-refractivity contribution in [2.24, 2.45) is 5.92 Å². The number of hydrogen-bond acceptors (Lipinski definition) is 5. The van der Waals surface area contributed by atoms with Gasteiger partial charge in [-0.15, -0.1) is 0 Å². The second kappa shape index (κ2) is 8.93. The van der Waals surface area contributed by atoms with Crippen molar-refractivity contribution in [3.63, 3.8) is 0 Å². The highest BCUT2D eigenvalue weighted by Crippen LogP contribution is 2.17. The Kier molecular flexibility index (Phi) is 6.91. The molecule has 1 fully saturated rings. The van der Waals surface area contributed by atoms with Gasteiger partial charge in [0.15, 0.2) is 0 Å². The van der Waals surface area contributed by atoms with E-state index < -0.39 is 0 Å². The van der Waals surface area contributed by atoms with Crippen molar-refractivity contribution in [1.29, 1.82) is 5.26 Å². The van der Waals surface area contributed by atoms with E-state index >= 15 is 0 Å². The first-order valence-corrected chi connectivity index (χ1v) is 8.96. The zero-order valence-corrected chi connectivity index (χ0v) is 15.7. The molecule has 2 rings (SSSR count). The summed E-state index contributed by atoms with van der Waals surface area (Å²) in [4.78, 5) is 23.1. The monoisotopic (exact) mass is 343 g/mol. The van der Waals surface area contributed by atoms with E-state index in [1.807, 2.05) is 35.0 Å². The standard InChI is InChI=1S/C19H29N5O/c1-15(2)18(13-20)23-9-11-24(12-10-23)19(25)14-22(4)16(3)17-7-5-6-8-21-17/h5-8,15-16,18H,9-12,14H2,1-4H3/t16-,18-/m1/s1. The molecule has 0 saturated carbocycles. The molecule has 0 unspecified atom stereocenters. The van der Waals surface area contributed by atoms with E-state index in [0.717, 1.165) is 18.8 Å². The van der Waals surface area contributed by atoms with E-state index in [-0.39, 0.29) is 18.0 Å². The summed E-state index contributed by atoms with van der Waals surface area (Å²) in [5, 5.41) is 9.33. The molecule has 6 nitrogen and oxygen atoms in total. The lowest BCUT2D eigenvalue weighted by Crippen LogP contribution is -2.54. The van der Waals surface area contributed by atoms with Gasteiger partial charge in [-0.05, 0) is 32.0 Å². The average Bonchev–Trinajstić information content (AvgIpc) is 2.62. The van der Waals surface area contributed by atoms with Crippen molar-refractivity contribution >= 4 is 5.91 Å². The number of nitrogens with zero attached hydrogens (tertiary/aromatic N) is 5. The molecule has 0 N–H and O–H groups in total. The smallest absolute Gasteiger partial charge is 0.236 e. The Balaban J connectivity index is 1.85. The van der Waals surface area contributed by atoms with Crippen LogP contribution in [0.3, 0.4) is 0 Å². The van der Waals surface area contributed by atoms with Crippen molar-refractivity contribution in [3.05, 3.63) is 30.1 Å². The molecular weight excluding hydrogens is 314 g/mol. The average molecular weight is 343 g/mol. The van der Waals surface area contributed by atoms with Crippen LogP contribution in [0.15, 0.2) is 24.4 Å². The highest BCUT2D eigenvalue weighted by Gasteiger charge is 2.28. The van der Waals surface area contributed by atoms with Gasteiger partial charge in [0.05, 0.1) is 18.3 Å². The number of likely N-dealkylation sites (N-methyl/N-ethyl adjacent to an activating group) is 1. The molecule has 0 aromatic carbocycles. The van der Waals surface area contributed by atoms with Gasteiger partial charge in [0.1, 0.15) is 6.04 Å². The molecule has 1 aliphatic heterocycles. The highest BCUT2D eigenvalue weighted by atomic mass is 16.2. The van der Waals surface area contributed by atoms with Crippen LogP contribution in [0.25, 0.3) is 0 Å². The number of hydrogen-bond donors (Lipinski definition) is 0. The first-order chi connectivity index (χ1) is 11.9. The summed E-state index contributed by atoms with van der Waals surface area (Å²) >= 11 is 0. The number of pyridine rings is 1. The van der Waals surface area contributed by atoms with Crippen LogP contribution in [0.5, 0.6) is 0 Å². The minimum absolute atomic E-state index is 0.0656. The van der Waals surface area contributed by atoms with Gasteiger partial charge in [0.2, 0.25) is 5.91 Å². The Labute approximate surface area is 151 Å². The van der Waals surface area contributed by atoms with Crippen molar-refractivity contribution in [1.82, 2.24) is 19.7 Å². The van der Waals surface area contributed by atoms with Crippen LogP contribution >= 0.6 is 0 Å². The van der Waals surface area contributed by atoms with E-state index in [1.54, 1.807) is 6.20 Å². The fraction of sp³-hybridized carbons (Fsp3) is 0.632. The number of amides is 1. The van der Waals surface area contributed by atoms with Crippen LogP contribution in [-0.2, 0) is 4.79 Å². The van der Waals surface area contributed by atoms with Crippen molar-refractivity contribution in [2.75, 3.05) is 39.8 Å². The quantitative estimate of drug-likeness (QED) is 0.788. The summed E-state index contributed by atoms with van der Waals surface area (Å²) in [7, 11) is 1.96. The van der Waals surface area contributed by atoms with Crippen LogP contribution in [0.1, 0.15) is 32.5 Å². The van der Waals surface area contributed by atoms with Gasteiger partial charge in [-0.1, -0.05) is 19.9 Å². The minimum Gasteiger partial charge on any atom is -0.339 e. The molecule has 1 aromatic heterocycles. The van der Waals surface area contributed by atoms with Crippen LogP contribution < -0.4 is 0 Å². The maximum atomic E-state index is 12.6. The fourth-order valence-electron chi connectivity index (χ4n) is 3.20.